The first-order valence-electron chi connectivity index (χ1n) is 14.3. The number of likely N-dealkylation sites (tertiary alicyclic amines) is 1. The van der Waals surface area contributed by atoms with Crippen LogP contribution in [0.1, 0.15) is 74.1 Å². The molecule has 0 aliphatic carbocycles. The van der Waals surface area contributed by atoms with Crippen molar-refractivity contribution >= 4 is 17.7 Å². The van der Waals surface area contributed by atoms with Gasteiger partial charge in [0.2, 0.25) is 17.7 Å². The van der Waals surface area contributed by atoms with E-state index in [0.717, 1.165) is 19.3 Å². The SMILES string of the molecule is CC[C@H](C)[C@@H]([C@@H](CC(=O)N1CCC[C@H]1[C@@H](C)OC)OC)N(C)C(=O)[C@@H](NC(=O)[C@H](C(C)C)N(C)C)C(C)C. The number of ether oxygens (including phenoxy) is 2. The molecular formula is C29H56N4O5. The van der Waals surface area contributed by atoms with E-state index >= 15 is 0 Å². The second-order valence-electron chi connectivity index (χ2n) is 11.9. The van der Waals surface area contributed by atoms with Crippen molar-refractivity contribution in [1.82, 2.24) is 20.0 Å². The molecule has 0 saturated carbocycles. The third-order valence-corrected chi connectivity index (χ3v) is 8.30. The van der Waals surface area contributed by atoms with Crippen molar-refractivity contribution in [1.29, 1.82) is 0 Å². The summed E-state index contributed by atoms with van der Waals surface area (Å²) in [7, 11) is 8.81. The van der Waals surface area contributed by atoms with Gasteiger partial charge in [-0.2, -0.15) is 0 Å². The number of likely N-dealkylation sites (N-methyl/N-ethyl adjacent to an activating group) is 2. The lowest BCUT2D eigenvalue weighted by molar-refractivity contribution is -0.147. The lowest BCUT2D eigenvalue weighted by Gasteiger charge is -2.41. The molecule has 38 heavy (non-hydrogen) atoms. The van der Waals surface area contributed by atoms with Gasteiger partial charge in [-0.05, 0) is 51.6 Å². The summed E-state index contributed by atoms with van der Waals surface area (Å²) in [6.07, 6.45) is 2.37. The minimum atomic E-state index is -0.682. The van der Waals surface area contributed by atoms with E-state index in [9.17, 15) is 14.4 Å². The molecule has 0 aromatic heterocycles. The van der Waals surface area contributed by atoms with E-state index in [1.807, 2.05) is 58.5 Å². The molecule has 1 rings (SSSR count). The summed E-state index contributed by atoms with van der Waals surface area (Å²) in [6.45, 7) is 14.8. The Labute approximate surface area is 231 Å². The number of rotatable bonds is 15. The fourth-order valence-electron chi connectivity index (χ4n) is 5.87. The summed E-state index contributed by atoms with van der Waals surface area (Å²) < 4.78 is 11.4. The molecule has 3 amide bonds. The van der Waals surface area contributed by atoms with Crippen LogP contribution in [-0.2, 0) is 23.9 Å². The molecule has 222 valence electrons. The maximum Gasteiger partial charge on any atom is 0.245 e. The zero-order valence-electron chi connectivity index (χ0n) is 26.1. The summed E-state index contributed by atoms with van der Waals surface area (Å²) >= 11 is 0. The fourth-order valence-corrected chi connectivity index (χ4v) is 5.87. The predicted octanol–water partition coefficient (Wildman–Crippen LogP) is 3.02. The second kappa shape index (κ2) is 15.8. The van der Waals surface area contributed by atoms with Crippen molar-refractivity contribution in [3.63, 3.8) is 0 Å². The highest BCUT2D eigenvalue weighted by Crippen LogP contribution is 2.27. The van der Waals surface area contributed by atoms with Gasteiger partial charge >= 0.3 is 0 Å². The Kier molecular flexibility index (Phi) is 14.2. The van der Waals surface area contributed by atoms with Crippen LogP contribution in [0.4, 0.5) is 0 Å². The summed E-state index contributed by atoms with van der Waals surface area (Å²) in [5.41, 5.74) is 0. The van der Waals surface area contributed by atoms with Gasteiger partial charge in [0.25, 0.3) is 0 Å². The molecule has 9 nitrogen and oxygen atoms in total. The largest absolute Gasteiger partial charge is 0.380 e. The summed E-state index contributed by atoms with van der Waals surface area (Å²) in [5.74, 6) is -0.222. The Hall–Kier alpha value is -1.71. The van der Waals surface area contributed by atoms with Crippen LogP contribution < -0.4 is 5.32 Å². The Balaban J connectivity index is 3.19. The Morgan fingerprint density at radius 1 is 0.974 bits per heavy atom. The average molecular weight is 541 g/mol. The molecule has 0 radical (unpaired) electrons. The van der Waals surface area contributed by atoms with Gasteiger partial charge in [-0.25, -0.2) is 0 Å². The summed E-state index contributed by atoms with van der Waals surface area (Å²) in [4.78, 5) is 46.1. The van der Waals surface area contributed by atoms with Crippen LogP contribution in [0.5, 0.6) is 0 Å². The fraction of sp³-hybridized carbons (Fsp3) is 0.897. The summed E-state index contributed by atoms with van der Waals surface area (Å²) in [6, 6.07) is -1.29. The van der Waals surface area contributed by atoms with E-state index in [-0.39, 0.29) is 66.1 Å². The van der Waals surface area contributed by atoms with E-state index in [0.29, 0.717) is 6.54 Å². The molecule has 1 saturated heterocycles. The number of hydrogen-bond acceptors (Lipinski definition) is 6. The van der Waals surface area contributed by atoms with E-state index in [2.05, 4.69) is 19.2 Å². The molecule has 9 heteroatoms. The van der Waals surface area contributed by atoms with Gasteiger partial charge < -0.3 is 24.6 Å². The first kappa shape index (κ1) is 34.3. The van der Waals surface area contributed by atoms with Crippen LogP contribution >= 0.6 is 0 Å². The molecule has 1 N–H and O–H groups in total. The molecule has 0 aromatic rings. The third-order valence-electron chi connectivity index (χ3n) is 8.30. The topological polar surface area (TPSA) is 91.4 Å². The normalized spacial score (nSPS) is 20.8. The van der Waals surface area contributed by atoms with Gasteiger partial charge in [0.15, 0.2) is 0 Å². The average Bonchev–Trinajstić information content (AvgIpc) is 3.35. The number of hydrogen-bond donors (Lipinski definition) is 1. The quantitative estimate of drug-likeness (QED) is 0.343. The van der Waals surface area contributed by atoms with Gasteiger partial charge in [0.1, 0.15) is 6.04 Å². The first-order valence-corrected chi connectivity index (χ1v) is 14.3. The van der Waals surface area contributed by atoms with E-state index < -0.39 is 12.1 Å². The standard InChI is InChI=1S/C29H56N4O5/c1-13-20(6)27(23(38-12)17-24(34)33-16-14-15-22(33)21(7)37-11)32(10)29(36)25(18(2)3)30-28(35)26(19(4)5)31(8)9/h18-23,25-27H,13-17H2,1-12H3,(H,30,35)/t20-,21+,22-,23+,25-,26-,27-/m0/s1. The molecule has 1 aliphatic rings. The monoisotopic (exact) mass is 540 g/mol. The zero-order valence-corrected chi connectivity index (χ0v) is 26.1. The third kappa shape index (κ3) is 8.65. The number of methoxy groups -OCH3 is 2. The maximum atomic E-state index is 13.9. The number of nitrogens with one attached hydrogen (secondary N) is 1. The van der Waals surface area contributed by atoms with Crippen LogP contribution in [0.2, 0.25) is 0 Å². The Morgan fingerprint density at radius 3 is 2.03 bits per heavy atom. The smallest absolute Gasteiger partial charge is 0.245 e. The van der Waals surface area contributed by atoms with Crippen LogP contribution in [0, 0.1) is 17.8 Å². The van der Waals surface area contributed by atoms with Crippen LogP contribution in [0.15, 0.2) is 0 Å². The van der Waals surface area contributed by atoms with Gasteiger partial charge in [0, 0.05) is 27.8 Å². The lowest BCUT2D eigenvalue weighted by Crippen LogP contribution is -2.59. The van der Waals surface area contributed by atoms with Gasteiger partial charge in [0.05, 0.1) is 36.8 Å². The number of carbonyl (C=O) groups excluding carboxylic acids is 3. The van der Waals surface area contributed by atoms with Crippen molar-refractivity contribution in [3.8, 4) is 0 Å². The first-order chi connectivity index (χ1) is 17.7. The minimum absolute atomic E-state index is 0.0249. The molecule has 1 fully saturated rings. The van der Waals surface area contributed by atoms with Crippen LogP contribution in [0.3, 0.4) is 0 Å². The van der Waals surface area contributed by atoms with Gasteiger partial charge in [-0.3, -0.25) is 19.3 Å². The minimum Gasteiger partial charge on any atom is -0.380 e. The highest BCUT2D eigenvalue weighted by Gasteiger charge is 2.40. The molecule has 1 aliphatic heterocycles. The van der Waals surface area contributed by atoms with Crippen LogP contribution in [-0.4, -0.2) is 111 Å². The molecule has 0 bridgehead atoms. The highest BCUT2D eigenvalue weighted by atomic mass is 16.5. The van der Waals surface area contributed by atoms with E-state index in [1.54, 1.807) is 26.2 Å². The number of nitrogens with zero attached hydrogens (tertiary/aromatic N) is 3. The molecule has 0 unspecified atom stereocenters. The summed E-state index contributed by atoms with van der Waals surface area (Å²) in [5, 5.41) is 3.04. The van der Waals surface area contributed by atoms with Crippen molar-refractivity contribution in [2.24, 2.45) is 17.8 Å². The van der Waals surface area contributed by atoms with Crippen molar-refractivity contribution in [2.75, 3.05) is 41.9 Å². The lowest BCUT2D eigenvalue weighted by atomic mass is 9.89. The van der Waals surface area contributed by atoms with Crippen molar-refractivity contribution in [3.05, 3.63) is 0 Å². The van der Waals surface area contributed by atoms with E-state index in [1.165, 1.54) is 0 Å². The van der Waals surface area contributed by atoms with E-state index in [4.69, 9.17) is 9.47 Å². The maximum absolute atomic E-state index is 13.9. The van der Waals surface area contributed by atoms with Gasteiger partial charge in [-0.1, -0.05) is 48.0 Å². The Bertz CT molecular complexity index is 751. The number of carbonyl (C=O) groups is 3. The number of amides is 3. The molecule has 0 spiro atoms. The van der Waals surface area contributed by atoms with Gasteiger partial charge in [-0.15, -0.1) is 0 Å². The zero-order chi connectivity index (χ0) is 29.3. The van der Waals surface area contributed by atoms with Crippen LogP contribution in [0.25, 0.3) is 0 Å². The molecule has 7 atom stereocenters. The molecular weight excluding hydrogens is 484 g/mol. The molecule has 0 aromatic carbocycles. The highest BCUT2D eigenvalue weighted by molar-refractivity contribution is 5.90. The predicted molar refractivity (Wildman–Crippen MR) is 152 cm³/mol. The second-order valence-corrected chi connectivity index (χ2v) is 11.9. The van der Waals surface area contributed by atoms with Crippen molar-refractivity contribution < 1.29 is 23.9 Å². The van der Waals surface area contributed by atoms with Crippen molar-refractivity contribution in [2.45, 2.75) is 111 Å². The molecule has 1 heterocycles. The Morgan fingerprint density at radius 2 is 1.58 bits per heavy atom.